The van der Waals surface area contributed by atoms with Gasteiger partial charge in [0.15, 0.2) is 11.3 Å². The van der Waals surface area contributed by atoms with E-state index in [-0.39, 0.29) is 5.57 Å². The molecule has 0 bridgehead atoms. The highest BCUT2D eigenvalue weighted by Crippen LogP contribution is 2.32. The van der Waals surface area contributed by atoms with Crippen molar-refractivity contribution >= 4 is 5.78 Å². The summed E-state index contributed by atoms with van der Waals surface area (Å²) in [6.45, 7) is 0.745. The van der Waals surface area contributed by atoms with Crippen LogP contribution in [-0.4, -0.2) is 17.5 Å². The van der Waals surface area contributed by atoms with Crippen molar-refractivity contribution in [3.05, 3.63) is 11.6 Å². The van der Waals surface area contributed by atoms with E-state index in [9.17, 15) is 18.0 Å². The Labute approximate surface area is 99.1 Å². The molecule has 98 valence electrons. The lowest BCUT2D eigenvalue weighted by atomic mass is 9.87. The van der Waals surface area contributed by atoms with Gasteiger partial charge in [0.1, 0.15) is 0 Å². The molecule has 2 N–H and O–H groups in total. The van der Waals surface area contributed by atoms with Gasteiger partial charge in [0.05, 0.1) is 0 Å². The Morgan fingerprint density at radius 1 is 1.24 bits per heavy atom. The van der Waals surface area contributed by atoms with Crippen LogP contribution in [0.5, 0.6) is 0 Å². The molecule has 17 heavy (non-hydrogen) atoms. The summed E-state index contributed by atoms with van der Waals surface area (Å²) in [6, 6.07) is 0. The smallest absolute Gasteiger partial charge is 0.311 e. The van der Waals surface area contributed by atoms with Crippen molar-refractivity contribution in [3.63, 3.8) is 0 Å². The molecule has 1 aliphatic carbocycles. The van der Waals surface area contributed by atoms with Crippen LogP contribution in [0.15, 0.2) is 11.6 Å². The minimum Gasteiger partial charge on any atom is -0.311 e. The third-order valence-electron chi connectivity index (χ3n) is 3.14. The predicted octanol–water partition coefficient (Wildman–Crippen LogP) is 3.12. The molecule has 2 nitrogen and oxygen atoms in total. The zero-order valence-corrected chi connectivity index (χ0v) is 9.94. The van der Waals surface area contributed by atoms with E-state index >= 15 is 0 Å². The van der Waals surface area contributed by atoms with Crippen molar-refractivity contribution in [2.45, 2.75) is 57.2 Å². The normalized spacial score (nSPS) is 22.1. The Morgan fingerprint density at radius 2 is 1.82 bits per heavy atom. The van der Waals surface area contributed by atoms with Crippen molar-refractivity contribution in [1.29, 1.82) is 0 Å². The second kappa shape index (κ2) is 5.21. The number of carbonyl (C=O) groups is 1. The van der Waals surface area contributed by atoms with Gasteiger partial charge < -0.3 is 5.73 Å². The summed E-state index contributed by atoms with van der Waals surface area (Å²) in [5, 5.41) is 0. The highest BCUT2D eigenvalue weighted by molar-refractivity contribution is 6.02. The van der Waals surface area contributed by atoms with E-state index in [1.807, 2.05) is 0 Å². The van der Waals surface area contributed by atoms with Crippen LogP contribution >= 0.6 is 0 Å². The van der Waals surface area contributed by atoms with Crippen LogP contribution in [0.3, 0.4) is 0 Å². The largest absolute Gasteiger partial charge is 0.413 e. The molecule has 0 fully saturated rings. The minimum absolute atomic E-state index is 0.243. The van der Waals surface area contributed by atoms with Crippen LogP contribution in [0.2, 0.25) is 0 Å². The number of ketones is 1. The lowest BCUT2D eigenvalue weighted by molar-refractivity contribution is -0.184. The van der Waals surface area contributed by atoms with Gasteiger partial charge in [-0.15, -0.1) is 0 Å². The molecule has 0 aliphatic heterocycles. The van der Waals surface area contributed by atoms with Gasteiger partial charge in [-0.3, -0.25) is 4.79 Å². The van der Waals surface area contributed by atoms with Crippen LogP contribution in [0.1, 0.15) is 45.4 Å². The second-order valence-corrected chi connectivity index (χ2v) is 4.71. The molecule has 1 atom stereocenters. The van der Waals surface area contributed by atoms with E-state index < -0.39 is 17.5 Å². The van der Waals surface area contributed by atoms with Gasteiger partial charge in [-0.1, -0.05) is 18.9 Å². The highest BCUT2D eigenvalue weighted by atomic mass is 19.4. The average Bonchev–Trinajstić information content (AvgIpc) is 2.14. The quantitative estimate of drug-likeness (QED) is 0.817. The zero-order chi connectivity index (χ0) is 13.1. The first-order valence-corrected chi connectivity index (χ1v) is 5.86. The number of carbonyl (C=O) groups excluding carboxylic acids is 1. The molecule has 0 aromatic heterocycles. The van der Waals surface area contributed by atoms with Crippen molar-refractivity contribution in [1.82, 2.24) is 0 Å². The molecular weight excluding hydrogens is 231 g/mol. The first-order chi connectivity index (χ1) is 7.77. The summed E-state index contributed by atoms with van der Waals surface area (Å²) in [6.07, 6.45) is 1.69. The van der Waals surface area contributed by atoms with Crippen LogP contribution in [0, 0.1) is 0 Å². The second-order valence-electron chi connectivity index (χ2n) is 4.71. The number of hydrogen-bond acceptors (Lipinski definition) is 2. The maximum atomic E-state index is 12.6. The van der Waals surface area contributed by atoms with Gasteiger partial charge in [0.2, 0.25) is 0 Å². The Balaban J connectivity index is 2.87. The predicted molar refractivity (Wildman–Crippen MR) is 59.4 cm³/mol. The number of alkyl halides is 3. The summed E-state index contributed by atoms with van der Waals surface area (Å²) in [5.41, 5.74) is 2.62. The van der Waals surface area contributed by atoms with Crippen molar-refractivity contribution in [3.8, 4) is 0 Å². The van der Waals surface area contributed by atoms with E-state index in [1.54, 1.807) is 6.08 Å². The summed E-state index contributed by atoms with van der Waals surface area (Å²) >= 11 is 0. The fourth-order valence-corrected chi connectivity index (χ4v) is 1.86. The standard InChI is InChI=1S/C12H18F3NO/c1-11(16,12(13,14)15)10(17)9-7-5-3-2-4-6-8-9/h7H,2-6,8,16H2,1H3. The van der Waals surface area contributed by atoms with Crippen molar-refractivity contribution in [2.75, 3.05) is 0 Å². The Kier molecular flexibility index (Phi) is 4.36. The molecule has 0 saturated heterocycles. The fourth-order valence-electron chi connectivity index (χ4n) is 1.86. The van der Waals surface area contributed by atoms with Crippen molar-refractivity contribution < 1.29 is 18.0 Å². The summed E-state index contributed by atoms with van der Waals surface area (Å²) in [7, 11) is 0. The lowest BCUT2D eigenvalue weighted by Gasteiger charge is -2.27. The van der Waals surface area contributed by atoms with Crippen LogP contribution in [0.25, 0.3) is 0 Å². The molecule has 1 rings (SSSR count). The van der Waals surface area contributed by atoms with Gasteiger partial charge >= 0.3 is 6.18 Å². The molecule has 0 aromatic rings. The number of allylic oxidation sites excluding steroid dienone is 1. The molecule has 0 spiro atoms. The Morgan fingerprint density at radius 3 is 2.41 bits per heavy atom. The molecule has 0 amide bonds. The van der Waals surface area contributed by atoms with Crippen LogP contribution in [-0.2, 0) is 4.79 Å². The Hall–Kier alpha value is -0.840. The highest BCUT2D eigenvalue weighted by Gasteiger charge is 2.54. The maximum Gasteiger partial charge on any atom is 0.413 e. The number of halogens is 3. The SMILES string of the molecule is CC(N)(C(=O)C1=CCCCCCC1)C(F)(F)F. The maximum absolute atomic E-state index is 12.6. The molecule has 0 radical (unpaired) electrons. The van der Waals surface area contributed by atoms with Crippen LogP contribution < -0.4 is 5.73 Å². The Bertz CT molecular complexity index is 318. The van der Waals surface area contributed by atoms with Gasteiger partial charge in [-0.2, -0.15) is 13.2 Å². The van der Waals surface area contributed by atoms with Crippen molar-refractivity contribution in [2.24, 2.45) is 5.73 Å². The fraction of sp³-hybridized carbons (Fsp3) is 0.750. The average molecular weight is 249 g/mol. The number of hydrogen-bond donors (Lipinski definition) is 1. The molecule has 1 unspecified atom stereocenters. The molecule has 5 heteroatoms. The number of Topliss-reactive ketones (excluding diaryl/α,β-unsaturated/α-hetero) is 1. The van der Waals surface area contributed by atoms with E-state index in [0.29, 0.717) is 12.8 Å². The zero-order valence-electron chi connectivity index (χ0n) is 9.94. The number of nitrogens with two attached hydrogens (primary N) is 1. The van der Waals surface area contributed by atoms with E-state index in [0.717, 1.165) is 32.6 Å². The lowest BCUT2D eigenvalue weighted by Crippen LogP contribution is -2.57. The molecule has 1 aliphatic rings. The molecule has 0 heterocycles. The van der Waals surface area contributed by atoms with Crippen LogP contribution in [0.4, 0.5) is 13.2 Å². The van der Waals surface area contributed by atoms with E-state index in [4.69, 9.17) is 5.73 Å². The third kappa shape index (κ3) is 3.31. The van der Waals surface area contributed by atoms with E-state index in [1.165, 1.54) is 0 Å². The molecule has 0 saturated carbocycles. The number of rotatable bonds is 2. The van der Waals surface area contributed by atoms with Gasteiger partial charge in [0.25, 0.3) is 0 Å². The molecular formula is C12H18F3NO. The summed E-state index contributed by atoms with van der Waals surface area (Å²) < 4.78 is 37.9. The molecule has 0 aromatic carbocycles. The minimum atomic E-state index is -4.70. The topological polar surface area (TPSA) is 43.1 Å². The first kappa shape index (κ1) is 14.2. The van der Waals surface area contributed by atoms with Gasteiger partial charge in [-0.05, 0) is 38.2 Å². The monoisotopic (exact) mass is 249 g/mol. The summed E-state index contributed by atoms with van der Waals surface area (Å²) in [5.74, 6) is -0.980. The first-order valence-electron chi connectivity index (χ1n) is 5.86. The third-order valence-corrected chi connectivity index (χ3v) is 3.14. The summed E-state index contributed by atoms with van der Waals surface area (Å²) in [4.78, 5) is 11.8. The van der Waals surface area contributed by atoms with Gasteiger partial charge in [-0.25, -0.2) is 0 Å². The van der Waals surface area contributed by atoms with Gasteiger partial charge in [0, 0.05) is 0 Å². The van der Waals surface area contributed by atoms with E-state index in [2.05, 4.69) is 0 Å².